The number of hydrogen-bond donors (Lipinski definition) is 1. The van der Waals surface area contributed by atoms with Crippen LogP contribution in [0.4, 0.5) is 0 Å². The number of carbonyl (C=O) groups excluding carboxylic acids is 2. The smallest absolute Gasteiger partial charge is 0.245 e. The highest BCUT2D eigenvalue weighted by atomic mass is 127. The van der Waals surface area contributed by atoms with Gasteiger partial charge in [0.25, 0.3) is 0 Å². The molecule has 2 atom stereocenters. The summed E-state index contributed by atoms with van der Waals surface area (Å²) in [6, 6.07) is 7.13. The van der Waals surface area contributed by atoms with Crippen LogP contribution in [-0.2, 0) is 16.1 Å². The quantitative estimate of drug-likeness (QED) is 0.816. The summed E-state index contributed by atoms with van der Waals surface area (Å²) < 4.78 is 1.15. The molecule has 1 N–H and O–H groups in total. The minimum absolute atomic E-state index is 0.0272. The van der Waals surface area contributed by atoms with Gasteiger partial charge in [0.15, 0.2) is 0 Å². The monoisotopic (exact) mass is 358 g/mol. The van der Waals surface area contributed by atoms with Crippen molar-refractivity contribution >= 4 is 34.4 Å². The van der Waals surface area contributed by atoms with Crippen LogP contribution in [0.25, 0.3) is 0 Å². The number of halogens is 1. The SMILES string of the molecule is CC1NC(=O)C(C)N(Cc2ccc(I)cc2)C1=O. The van der Waals surface area contributed by atoms with Crippen molar-refractivity contribution in [1.82, 2.24) is 10.2 Å². The third-order valence-electron chi connectivity index (χ3n) is 3.13. The maximum atomic E-state index is 12.1. The summed E-state index contributed by atoms with van der Waals surface area (Å²) in [7, 11) is 0. The molecule has 1 aliphatic rings. The van der Waals surface area contributed by atoms with Gasteiger partial charge in [-0.1, -0.05) is 12.1 Å². The molecule has 2 rings (SSSR count). The molecule has 0 aliphatic carbocycles. The van der Waals surface area contributed by atoms with Crippen LogP contribution < -0.4 is 5.32 Å². The van der Waals surface area contributed by atoms with Crippen LogP contribution >= 0.6 is 22.6 Å². The van der Waals surface area contributed by atoms with E-state index >= 15 is 0 Å². The lowest BCUT2D eigenvalue weighted by molar-refractivity contribution is -0.148. The summed E-state index contributed by atoms with van der Waals surface area (Å²) in [5.74, 6) is -0.117. The average Bonchev–Trinajstić information content (AvgIpc) is 2.34. The van der Waals surface area contributed by atoms with Gasteiger partial charge in [0.05, 0.1) is 0 Å². The van der Waals surface area contributed by atoms with Crippen LogP contribution in [0, 0.1) is 3.57 Å². The van der Waals surface area contributed by atoms with Crippen molar-refractivity contribution in [1.29, 1.82) is 0 Å². The minimum atomic E-state index is -0.433. The zero-order chi connectivity index (χ0) is 13.3. The molecule has 2 unspecified atom stereocenters. The number of piperazine rings is 1. The highest BCUT2D eigenvalue weighted by Gasteiger charge is 2.35. The zero-order valence-electron chi connectivity index (χ0n) is 10.3. The van der Waals surface area contributed by atoms with Gasteiger partial charge in [-0.25, -0.2) is 0 Å². The fourth-order valence-corrected chi connectivity index (χ4v) is 2.34. The van der Waals surface area contributed by atoms with Crippen LogP contribution in [0.3, 0.4) is 0 Å². The van der Waals surface area contributed by atoms with Crippen LogP contribution in [0.1, 0.15) is 19.4 Å². The van der Waals surface area contributed by atoms with E-state index in [9.17, 15) is 9.59 Å². The minimum Gasteiger partial charge on any atom is -0.343 e. The molecule has 0 radical (unpaired) electrons. The molecule has 18 heavy (non-hydrogen) atoms. The highest BCUT2D eigenvalue weighted by Crippen LogP contribution is 2.15. The average molecular weight is 358 g/mol. The lowest BCUT2D eigenvalue weighted by atomic mass is 10.1. The molecule has 0 bridgehead atoms. The van der Waals surface area contributed by atoms with E-state index in [1.54, 1.807) is 18.7 Å². The molecule has 0 spiro atoms. The number of nitrogens with one attached hydrogen (secondary N) is 1. The van der Waals surface area contributed by atoms with E-state index < -0.39 is 12.1 Å². The van der Waals surface area contributed by atoms with Crippen molar-refractivity contribution in [2.45, 2.75) is 32.5 Å². The van der Waals surface area contributed by atoms with Crippen molar-refractivity contribution in [3.05, 3.63) is 33.4 Å². The second-order valence-electron chi connectivity index (χ2n) is 4.50. The van der Waals surface area contributed by atoms with Crippen molar-refractivity contribution in [2.75, 3.05) is 0 Å². The molecule has 1 aromatic carbocycles. The van der Waals surface area contributed by atoms with Gasteiger partial charge in [0.1, 0.15) is 12.1 Å². The number of benzene rings is 1. The lowest BCUT2D eigenvalue weighted by Crippen LogP contribution is -2.60. The normalized spacial score (nSPS) is 24.1. The van der Waals surface area contributed by atoms with Gasteiger partial charge in [-0.15, -0.1) is 0 Å². The van der Waals surface area contributed by atoms with Crippen molar-refractivity contribution < 1.29 is 9.59 Å². The highest BCUT2D eigenvalue weighted by molar-refractivity contribution is 14.1. The number of rotatable bonds is 2. The van der Waals surface area contributed by atoms with Crippen molar-refractivity contribution in [3.8, 4) is 0 Å². The fourth-order valence-electron chi connectivity index (χ4n) is 1.98. The van der Waals surface area contributed by atoms with E-state index in [0.717, 1.165) is 9.13 Å². The Hall–Kier alpha value is -1.11. The summed E-state index contributed by atoms with van der Waals surface area (Å²) in [4.78, 5) is 25.4. The van der Waals surface area contributed by atoms with Crippen LogP contribution in [0.2, 0.25) is 0 Å². The summed E-state index contributed by atoms with van der Waals surface area (Å²) in [5, 5.41) is 2.67. The standard InChI is InChI=1S/C13H15IN2O2/c1-8-13(18)16(9(2)12(17)15-8)7-10-3-5-11(14)6-4-10/h3-6,8-9H,7H2,1-2H3,(H,15,17). The number of hydrogen-bond acceptors (Lipinski definition) is 2. The maximum absolute atomic E-state index is 12.1. The van der Waals surface area contributed by atoms with E-state index in [0.29, 0.717) is 6.54 Å². The van der Waals surface area contributed by atoms with Crippen molar-refractivity contribution in [2.24, 2.45) is 0 Å². The van der Waals surface area contributed by atoms with Gasteiger partial charge >= 0.3 is 0 Å². The fraction of sp³-hybridized carbons (Fsp3) is 0.385. The first kappa shape index (κ1) is 13.3. The maximum Gasteiger partial charge on any atom is 0.245 e. The van der Waals surface area contributed by atoms with Gasteiger partial charge in [-0.2, -0.15) is 0 Å². The van der Waals surface area contributed by atoms with E-state index in [4.69, 9.17) is 0 Å². The second-order valence-corrected chi connectivity index (χ2v) is 5.74. The van der Waals surface area contributed by atoms with Crippen LogP contribution in [0.15, 0.2) is 24.3 Å². The summed E-state index contributed by atoms with van der Waals surface area (Å²) in [6.45, 7) is 3.95. The Kier molecular flexibility index (Phi) is 3.89. The first-order valence-electron chi connectivity index (χ1n) is 5.84. The topological polar surface area (TPSA) is 49.4 Å². The Morgan fingerprint density at radius 3 is 2.44 bits per heavy atom. The first-order chi connectivity index (χ1) is 8.49. The predicted octanol–water partition coefficient (Wildman–Crippen LogP) is 1.53. The second kappa shape index (κ2) is 5.26. The lowest BCUT2D eigenvalue weighted by Gasteiger charge is -2.36. The molecular formula is C13H15IN2O2. The van der Waals surface area contributed by atoms with Gasteiger partial charge in [-0.3, -0.25) is 9.59 Å². The molecule has 0 aromatic heterocycles. The zero-order valence-corrected chi connectivity index (χ0v) is 12.5. The summed E-state index contributed by atoms with van der Waals surface area (Å²) >= 11 is 2.24. The van der Waals surface area contributed by atoms with Gasteiger partial charge in [-0.05, 0) is 54.1 Å². The molecule has 96 valence electrons. The molecule has 0 saturated carbocycles. The molecule has 1 aliphatic heterocycles. The predicted molar refractivity (Wildman–Crippen MR) is 76.8 cm³/mol. The first-order valence-corrected chi connectivity index (χ1v) is 6.92. The Balaban J connectivity index is 2.17. The number of nitrogens with zero attached hydrogens (tertiary/aromatic N) is 1. The van der Waals surface area contributed by atoms with Gasteiger partial charge < -0.3 is 10.2 Å². The molecule has 1 fully saturated rings. The largest absolute Gasteiger partial charge is 0.343 e. The van der Waals surface area contributed by atoms with E-state index in [2.05, 4.69) is 27.9 Å². The Morgan fingerprint density at radius 2 is 1.83 bits per heavy atom. The molecule has 1 saturated heterocycles. The Morgan fingerprint density at radius 1 is 1.22 bits per heavy atom. The molecule has 1 aromatic rings. The van der Waals surface area contributed by atoms with E-state index in [1.165, 1.54) is 0 Å². The molecule has 5 heteroatoms. The van der Waals surface area contributed by atoms with Gasteiger partial charge in [0, 0.05) is 10.1 Å². The molecule has 1 heterocycles. The van der Waals surface area contributed by atoms with E-state index in [1.807, 2.05) is 24.3 Å². The Bertz CT molecular complexity index is 472. The molecular weight excluding hydrogens is 343 g/mol. The molecule has 2 amide bonds. The summed E-state index contributed by atoms with van der Waals surface area (Å²) in [5.41, 5.74) is 1.04. The Labute approximate surface area is 120 Å². The van der Waals surface area contributed by atoms with Gasteiger partial charge in [0.2, 0.25) is 11.8 Å². The summed E-state index contributed by atoms with van der Waals surface area (Å²) in [6.07, 6.45) is 0. The van der Waals surface area contributed by atoms with Crippen molar-refractivity contribution in [3.63, 3.8) is 0 Å². The third kappa shape index (κ3) is 2.66. The molecule has 4 nitrogen and oxygen atoms in total. The van der Waals surface area contributed by atoms with Crippen LogP contribution in [-0.4, -0.2) is 28.8 Å². The van der Waals surface area contributed by atoms with Crippen LogP contribution in [0.5, 0.6) is 0 Å². The van der Waals surface area contributed by atoms with E-state index in [-0.39, 0.29) is 11.8 Å². The third-order valence-corrected chi connectivity index (χ3v) is 3.84. The number of carbonyl (C=O) groups is 2. The number of amides is 2.